The predicted molar refractivity (Wildman–Crippen MR) is 123 cm³/mol. The minimum Gasteiger partial charge on any atom is -0.387 e. The molecule has 1 atom stereocenters. The maximum absolute atomic E-state index is 12.9. The Morgan fingerprint density at radius 2 is 1.69 bits per heavy atom. The zero-order valence-corrected chi connectivity index (χ0v) is 18.2. The van der Waals surface area contributed by atoms with E-state index in [1.54, 1.807) is 29.8 Å². The summed E-state index contributed by atoms with van der Waals surface area (Å²) in [5.74, 6) is 0.457. The van der Waals surface area contributed by atoms with Crippen LogP contribution in [-0.2, 0) is 20.6 Å². The van der Waals surface area contributed by atoms with E-state index in [0.717, 1.165) is 21.4 Å². The molecule has 5 aromatic rings. The Hall–Kier alpha value is -3.62. The number of aliphatic hydroxyl groups is 1. The lowest BCUT2D eigenvalue weighted by molar-refractivity contribution is 0.158. The number of nitrogens with zero attached hydrogens (tertiary/aromatic N) is 5. The summed E-state index contributed by atoms with van der Waals surface area (Å²) < 4.78 is 5.95. The van der Waals surface area contributed by atoms with Crippen LogP contribution in [0, 0.1) is 0 Å². The second-order valence-corrected chi connectivity index (χ2v) is 8.15. The van der Waals surface area contributed by atoms with E-state index < -0.39 is 17.4 Å². The maximum atomic E-state index is 12.9. The molecule has 0 saturated heterocycles. The summed E-state index contributed by atoms with van der Waals surface area (Å²) >= 11 is 6.07. The molecule has 0 spiro atoms. The van der Waals surface area contributed by atoms with Crippen molar-refractivity contribution in [2.24, 2.45) is 14.1 Å². The van der Waals surface area contributed by atoms with Crippen LogP contribution in [0.15, 0.2) is 70.4 Å². The van der Waals surface area contributed by atoms with Crippen molar-refractivity contribution in [3.63, 3.8) is 0 Å². The van der Waals surface area contributed by atoms with Gasteiger partial charge in [0.2, 0.25) is 5.78 Å². The van der Waals surface area contributed by atoms with Gasteiger partial charge in [-0.15, -0.1) is 0 Å². The van der Waals surface area contributed by atoms with Crippen LogP contribution in [0.4, 0.5) is 0 Å². The minimum atomic E-state index is -0.801. The van der Waals surface area contributed by atoms with Crippen molar-refractivity contribution in [3.05, 3.63) is 92.2 Å². The number of aliphatic hydroxyl groups excluding tert-OH is 1. The smallest absolute Gasteiger partial charge is 0.332 e. The average Bonchev–Trinajstić information content (AvgIpc) is 3.34. The molecule has 0 aliphatic rings. The molecule has 2 aromatic carbocycles. The molecular weight excluding hydrogens is 430 g/mol. The monoisotopic (exact) mass is 449 g/mol. The van der Waals surface area contributed by atoms with Crippen molar-refractivity contribution in [1.82, 2.24) is 23.1 Å². The molecule has 0 aliphatic heterocycles. The molecule has 3 heterocycles. The first-order chi connectivity index (χ1) is 15.4. The van der Waals surface area contributed by atoms with Crippen LogP contribution in [0.5, 0.6) is 0 Å². The highest BCUT2D eigenvalue weighted by Gasteiger charge is 2.22. The molecule has 9 heteroatoms. The number of imidazole rings is 2. The number of rotatable bonds is 4. The summed E-state index contributed by atoms with van der Waals surface area (Å²) in [6, 6.07) is 16.7. The van der Waals surface area contributed by atoms with E-state index in [2.05, 4.69) is 4.98 Å². The lowest BCUT2D eigenvalue weighted by Gasteiger charge is -2.15. The largest absolute Gasteiger partial charge is 0.387 e. The van der Waals surface area contributed by atoms with Crippen molar-refractivity contribution in [3.8, 4) is 11.3 Å². The number of aryl methyl sites for hydroxylation is 1. The number of benzene rings is 2. The summed E-state index contributed by atoms with van der Waals surface area (Å²) in [7, 11) is 3.03. The first-order valence-electron chi connectivity index (χ1n) is 10.0. The highest BCUT2D eigenvalue weighted by molar-refractivity contribution is 6.30. The van der Waals surface area contributed by atoms with Gasteiger partial charge in [0.15, 0.2) is 11.2 Å². The summed E-state index contributed by atoms with van der Waals surface area (Å²) in [4.78, 5) is 29.9. The molecule has 162 valence electrons. The number of hydrogen-bond acceptors (Lipinski definition) is 4. The number of hydrogen-bond donors (Lipinski definition) is 1. The fourth-order valence-corrected chi connectivity index (χ4v) is 4.13. The van der Waals surface area contributed by atoms with Gasteiger partial charge in [0.1, 0.15) is 0 Å². The summed E-state index contributed by atoms with van der Waals surface area (Å²) in [5.41, 5.74) is 2.09. The summed E-state index contributed by atoms with van der Waals surface area (Å²) in [6.45, 7) is 0.204. The first-order valence-corrected chi connectivity index (χ1v) is 10.4. The zero-order valence-electron chi connectivity index (χ0n) is 17.4. The Morgan fingerprint density at radius 3 is 2.38 bits per heavy atom. The quantitative estimate of drug-likeness (QED) is 0.457. The van der Waals surface area contributed by atoms with Gasteiger partial charge in [-0.25, -0.2) is 4.79 Å². The molecule has 0 saturated carbocycles. The SMILES string of the molecule is Cn1c(=O)c2c(nc3n(C[C@H](O)c4ccccc4)c(-c4ccc(Cl)cc4)cn23)n(C)c1=O. The average molecular weight is 450 g/mol. The van der Waals surface area contributed by atoms with Gasteiger partial charge in [0, 0.05) is 25.3 Å². The molecule has 3 aromatic heterocycles. The fraction of sp³-hybridized carbons (Fsp3) is 0.174. The van der Waals surface area contributed by atoms with E-state index in [4.69, 9.17) is 11.6 Å². The van der Waals surface area contributed by atoms with Crippen molar-refractivity contribution in [1.29, 1.82) is 0 Å². The highest BCUT2D eigenvalue weighted by atomic mass is 35.5. The van der Waals surface area contributed by atoms with Crippen molar-refractivity contribution < 1.29 is 5.11 Å². The maximum Gasteiger partial charge on any atom is 0.332 e. The molecule has 5 rings (SSSR count). The lowest BCUT2D eigenvalue weighted by Crippen LogP contribution is -2.37. The molecule has 0 bridgehead atoms. The van der Waals surface area contributed by atoms with Crippen molar-refractivity contribution in [2.45, 2.75) is 12.6 Å². The second kappa shape index (κ2) is 7.51. The van der Waals surface area contributed by atoms with Crippen LogP contribution >= 0.6 is 11.6 Å². The van der Waals surface area contributed by atoms with Gasteiger partial charge < -0.3 is 9.67 Å². The molecule has 0 amide bonds. The van der Waals surface area contributed by atoms with Gasteiger partial charge >= 0.3 is 5.69 Å². The Morgan fingerprint density at radius 1 is 1.00 bits per heavy atom. The number of halogens is 1. The van der Waals surface area contributed by atoms with E-state index in [1.165, 1.54) is 11.6 Å². The number of fused-ring (bicyclic) bond motifs is 3. The van der Waals surface area contributed by atoms with Gasteiger partial charge in [-0.1, -0.05) is 54.1 Å². The van der Waals surface area contributed by atoms with Crippen LogP contribution in [0.1, 0.15) is 11.7 Å². The topological polar surface area (TPSA) is 86.5 Å². The Kier molecular flexibility index (Phi) is 4.76. The van der Waals surface area contributed by atoms with Crippen LogP contribution in [0.25, 0.3) is 28.2 Å². The fourth-order valence-electron chi connectivity index (χ4n) is 4.00. The van der Waals surface area contributed by atoms with E-state index in [0.29, 0.717) is 22.0 Å². The third kappa shape index (κ3) is 3.07. The van der Waals surface area contributed by atoms with E-state index in [1.807, 2.05) is 47.0 Å². The van der Waals surface area contributed by atoms with Crippen LogP contribution in [0.2, 0.25) is 5.02 Å². The molecule has 0 radical (unpaired) electrons. The normalized spacial score (nSPS) is 12.6. The Bertz CT molecular complexity index is 1580. The van der Waals surface area contributed by atoms with Crippen molar-refractivity contribution >= 4 is 28.5 Å². The van der Waals surface area contributed by atoms with Crippen LogP contribution in [0.3, 0.4) is 0 Å². The second-order valence-electron chi connectivity index (χ2n) is 7.72. The molecule has 8 nitrogen and oxygen atoms in total. The predicted octanol–water partition coefficient (Wildman–Crippen LogP) is 2.74. The molecule has 32 heavy (non-hydrogen) atoms. The third-order valence-corrected chi connectivity index (χ3v) is 5.99. The standard InChI is InChI=1S/C23H20ClN5O3/c1-26-20-19(21(31)27(2)23(26)32)29-12-17(14-8-10-16(24)11-9-14)28(22(29)25-20)13-18(30)15-6-4-3-5-7-15/h3-12,18,30H,13H2,1-2H3/t18-/m0/s1. The Labute approximate surface area is 187 Å². The van der Waals surface area contributed by atoms with E-state index in [-0.39, 0.29) is 6.54 Å². The molecule has 1 N–H and O–H groups in total. The molecule has 0 aliphatic carbocycles. The zero-order chi connectivity index (χ0) is 22.6. The number of aromatic nitrogens is 5. The van der Waals surface area contributed by atoms with Gasteiger partial charge in [-0.05, 0) is 23.3 Å². The molecule has 0 fully saturated rings. The van der Waals surface area contributed by atoms with E-state index >= 15 is 0 Å². The molecule has 0 unspecified atom stereocenters. The van der Waals surface area contributed by atoms with Crippen LogP contribution < -0.4 is 11.2 Å². The van der Waals surface area contributed by atoms with Gasteiger partial charge in [0.05, 0.1) is 18.3 Å². The Balaban J connectivity index is 1.80. The molecular formula is C23H20ClN5O3. The van der Waals surface area contributed by atoms with Gasteiger partial charge in [-0.2, -0.15) is 4.98 Å². The highest BCUT2D eigenvalue weighted by Crippen LogP contribution is 2.28. The summed E-state index contributed by atoms with van der Waals surface area (Å²) in [6.07, 6.45) is 1.00. The van der Waals surface area contributed by atoms with Gasteiger partial charge in [-0.3, -0.25) is 18.3 Å². The summed E-state index contributed by atoms with van der Waals surface area (Å²) in [5, 5.41) is 11.5. The van der Waals surface area contributed by atoms with Crippen LogP contribution in [-0.4, -0.2) is 28.2 Å². The lowest BCUT2D eigenvalue weighted by atomic mass is 10.1. The van der Waals surface area contributed by atoms with E-state index in [9.17, 15) is 14.7 Å². The van der Waals surface area contributed by atoms with Gasteiger partial charge in [0.25, 0.3) is 5.56 Å². The first kappa shape index (κ1) is 20.3. The third-order valence-electron chi connectivity index (χ3n) is 5.74. The van der Waals surface area contributed by atoms with Crippen molar-refractivity contribution in [2.75, 3.05) is 0 Å². The minimum absolute atomic E-state index is 0.204.